The molecule has 0 aliphatic carbocycles. The second-order valence-electron chi connectivity index (χ2n) is 5.25. The number of hydrogen-bond donors (Lipinski definition) is 3. The van der Waals surface area contributed by atoms with E-state index in [9.17, 15) is 19.8 Å². The van der Waals surface area contributed by atoms with E-state index in [1.54, 1.807) is 0 Å². The van der Waals surface area contributed by atoms with Gasteiger partial charge in [0, 0.05) is 18.0 Å². The predicted molar refractivity (Wildman–Crippen MR) is 77.4 cm³/mol. The number of carbonyl (C=O) groups is 1. The molecule has 1 aromatic rings. The highest BCUT2D eigenvalue weighted by atomic mass is 16.5. The van der Waals surface area contributed by atoms with E-state index in [2.05, 4.69) is 20.3 Å². The molecule has 0 saturated carbocycles. The van der Waals surface area contributed by atoms with Gasteiger partial charge in [0.25, 0.3) is 0 Å². The Morgan fingerprint density at radius 3 is 2.91 bits per heavy atom. The van der Waals surface area contributed by atoms with Crippen molar-refractivity contribution in [1.29, 1.82) is 0 Å². The lowest BCUT2D eigenvalue weighted by molar-refractivity contribution is -0.114. The molecule has 11 heteroatoms. The van der Waals surface area contributed by atoms with Gasteiger partial charge >= 0.3 is 5.69 Å². The number of ether oxygens (including phenoxy) is 1. The second kappa shape index (κ2) is 6.34. The topological polar surface area (TPSA) is 162 Å². The van der Waals surface area contributed by atoms with Crippen LogP contribution in [0.5, 0.6) is 0 Å². The van der Waals surface area contributed by atoms with Gasteiger partial charge in [-0.3, -0.25) is 9.36 Å². The largest absolute Gasteiger partial charge is 0.394 e. The first kappa shape index (κ1) is 16.9. The van der Waals surface area contributed by atoms with Gasteiger partial charge in [0.15, 0.2) is 6.23 Å². The third kappa shape index (κ3) is 3.03. The summed E-state index contributed by atoms with van der Waals surface area (Å²) in [5.74, 6) is -0.331. The van der Waals surface area contributed by atoms with Crippen molar-refractivity contribution in [2.75, 3.05) is 11.9 Å². The average Bonchev–Trinajstić information content (AvgIpc) is 2.71. The standard InChI is InChI=1S/C12H16N6O5/c1-6(20)14-8-3-4-18(11(22)15-8)10-12(2,16-17-13)9(21)7(5-19)23-10/h3-4,7,9-10,19,21H,5H2,1-2H3,(H,14,15,20,22)/t7-,9-,10-,12-/m1/s1. The molecule has 0 bridgehead atoms. The van der Waals surface area contributed by atoms with E-state index < -0.39 is 36.3 Å². The fourth-order valence-electron chi connectivity index (χ4n) is 2.44. The molecule has 3 N–H and O–H groups in total. The summed E-state index contributed by atoms with van der Waals surface area (Å²) in [6, 6.07) is 1.36. The molecule has 1 aliphatic heterocycles. The highest BCUT2D eigenvalue weighted by molar-refractivity contribution is 5.87. The van der Waals surface area contributed by atoms with Gasteiger partial charge in [0.1, 0.15) is 17.5 Å². The maximum absolute atomic E-state index is 12.1. The summed E-state index contributed by atoms with van der Waals surface area (Å²) >= 11 is 0. The second-order valence-corrected chi connectivity index (χ2v) is 5.25. The Bertz CT molecular complexity index is 714. The highest BCUT2D eigenvalue weighted by Crippen LogP contribution is 2.40. The number of nitrogens with one attached hydrogen (secondary N) is 1. The third-order valence-electron chi connectivity index (χ3n) is 3.58. The lowest BCUT2D eigenvalue weighted by Crippen LogP contribution is -2.44. The number of hydrogen-bond acceptors (Lipinski definition) is 7. The molecule has 0 unspecified atom stereocenters. The number of nitrogens with zero attached hydrogens (tertiary/aromatic N) is 5. The zero-order chi connectivity index (χ0) is 17.2. The number of carbonyl (C=O) groups excluding carboxylic acids is 1. The van der Waals surface area contributed by atoms with E-state index in [-0.39, 0.29) is 11.7 Å². The van der Waals surface area contributed by atoms with Gasteiger partial charge in [-0.1, -0.05) is 5.11 Å². The third-order valence-corrected chi connectivity index (χ3v) is 3.58. The lowest BCUT2D eigenvalue weighted by atomic mass is 9.93. The Hall–Kier alpha value is -2.46. The summed E-state index contributed by atoms with van der Waals surface area (Å²) in [6.45, 7) is 2.17. The van der Waals surface area contributed by atoms with Crippen LogP contribution in [0.1, 0.15) is 20.1 Å². The van der Waals surface area contributed by atoms with Crippen LogP contribution in [0.4, 0.5) is 5.82 Å². The van der Waals surface area contributed by atoms with E-state index in [4.69, 9.17) is 10.3 Å². The fourth-order valence-corrected chi connectivity index (χ4v) is 2.44. The van der Waals surface area contributed by atoms with Crippen molar-refractivity contribution in [3.05, 3.63) is 33.2 Å². The van der Waals surface area contributed by atoms with Crippen LogP contribution in [-0.2, 0) is 9.53 Å². The normalized spacial score (nSPS) is 29.8. The molecule has 2 rings (SSSR count). The SMILES string of the molecule is CC(=O)Nc1ccn([C@@H]2O[C@H](CO)[C@@H](O)[C@@]2(C)N=[N+]=[N-])c(=O)n1. The molecule has 11 nitrogen and oxygen atoms in total. The molecule has 4 atom stereocenters. The number of aliphatic hydroxyl groups excluding tert-OH is 2. The molecule has 0 radical (unpaired) electrons. The molecule has 0 spiro atoms. The molecule has 1 amide bonds. The fraction of sp³-hybridized carbons (Fsp3) is 0.583. The van der Waals surface area contributed by atoms with Gasteiger partial charge in [-0.25, -0.2) is 4.79 Å². The average molecular weight is 324 g/mol. The van der Waals surface area contributed by atoms with Crippen molar-refractivity contribution >= 4 is 11.7 Å². The van der Waals surface area contributed by atoms with Crippen LogP contribution < -0.4 is 11.0 Å². The number of anilines is 1. The van der Waals surface area contributed by atoms with Crippen LogP contribution in [0.15, 0.2) is 22.2 Å². The molecule has 1 fully saturated rings. The van der Waals surface area contributed by atoms with E-state index in [0.717, 1.165) is 4.57 Å². The molecule has 1 aliphatic rings. The monoisotopic (exact) mass is 324 g/mol. The Kier molecular flexibility index (Phi) is 4.66. The molecule has 2 heterocycles. The highest BCUT2D eigenvalue weighted by Gasteiger charge is 2.54. The summed E-state index contributed by atoms with van der Waals surface area (Å²) in [4.78, 5) is 29.5. The van der Waals surface area contributed by atoms with Gasteiger partial charge in [-0.15, -0.1) is 0 Å². The van der Waals surface area contributed by atoms with E-state index in [1.165, 1.54) is 26.1 Å². The van der Waals surface area contributed by atoms with Crippen LogP contribution >= 0.6 is 0 Å². The summed E-state index contributed by atoms with van der Waals surface area (Å²) in [5.41, 5.74) is 6.44. The van der Waals surface area contributed by atoms with Crippen molar-refractivity contribution in [3.8, 4) is 0 Å². The summed E-state index contributed by atoms with van der Waals surface area (Å²) in [7, 11) is 0. The van der Waals surface area contributed by atoms with Gasteiger partial charge in [0.2, 0.25) is 5.91 Å². The van der Waals surface area contributed by atoms with E-state index in [1.807, 2.05) is 0 Å². The molecular formula is C12H16N6O5. The van der Waals surface area contributed by atoms with Gasteiger partial charge in [-0.05, 0) is 18.5 Å². The van der Waals surface area contributed by atoms with Crippen molar-refractivity contribution in [3.63, 3.8) is 0 Å². The van der Waals surface area contributed by atoms with Crippen LogP contribution in [0, 0.1) is 0 Å². The molecular weight excluding hydrogens is 308 g/mol. The molecule has 124 valence electrons. The van der Waals surface area contributed by atoms with Gasteiger partial charge in [-0.2, -0.15) is 4.98 Å². The zero-order valence-electron chi connectivity index (χ0n) is 12.4. The summed E-state index contributed by atoms with van der Waals surface area (Å²) in [6.07, 6.45) is -2.19. The van der Waals surface area contributed by atoms with Gasteiger partial charge < -0.3 is 20.3 Å². The number of rotatable bonds is 4. The first-order valence-corrected chi connectivity index (χ1v) is 6.71. The maximum Gasteiger partial charge on any atom is 0.351 e. The molecule has 23 heavy (non-hydrogen) atoms. The quantitative estimate of drug-likeness (QED) is 0.385. The number of aromatic nitrogens is 2. The van der Waals surface area contributed by atoms with Crippen LogP contribution in [0.25, 0.3) is 10.4 Å². The lowest BCUT2D eigenvalue weighted by Gasteiger charge is -2.28. The zero-order valence-corrected chi connectivity index (χ0v) is 12.4. The van der Waals surface area contributed by atoms with Gasteiger partial charge in [0.05, 0.1) is 12.7 Å². The van der Waals surface area contributed by atoms with Crippen molar-refractivity contribution < 1.29 is 19.7 Å². The van der Waals surface area contributed by atoms with Crippen molar-refractivity contribution in [2.45, 2.75) is 37.8 Å². The number of aliphatic hydroxyl groups is 2. The van der Waals surface area contributed by atoms with E-state index in [0.29, 0.717) is 0 Å². The van der Waals surface area contributed by atoms with Crippen LogP contribution in [-0.4, -0.2) is 50.0 Å². The van der Waals surface area contributed by atoms with Crippen molar-refractivity contribution in [2.24, 2.45) is 5.11 Å². The summed E-state index contributed by atoms with van der Waals surface area (Å²) in [5, 5.41) is 25.3. The van der Waals surface area contributed by atoms with Crippen molar-refractivity contribution in [1.82, 2.24) is 9.55 Å². The predicted octanol–water partition coefficient (Wildman–Crippen LogP) is -0.479. The first-order chi connectivity index (χ1) is 10.8. The summed E-state index contributed by atoms with van der Waals surface area (Å²) < 4.78 is 6.48. The Balaban J connectivity index is 2.45. The molecule has 0 aromatic carbocycles. The number of azide groups is 1. The Morgan fingerprint density at radius 1 is 1.70 bits per heavy atom. The van der Waals surface area contributed by atoms with E-state index >= 15 is 0 Å². The smallest absolute Gasteiger partial charge is 0.351 e. The minimum Gasteiger partial charge on any atom is -0.394 e. The minimum atomic E-state index is -1.51. The first-order valence-electron chi connectivity index (χ1n) is 6.71. The van der Waals surface area contributed by atoms with Crippen LogP contribution in [0.3, 0.4) is 0 Å². The minimum absolute atomic E-state index is 0.0569. The van der Waals surface area contributed by atoms with Crippen LogP contribution in [0.2, 0.25) is 0 Å². The Labute approximate surface area is 130 Å². The number of amides is 1. The molecule has 1 aromatic heterocycles. The Morgan fingerprint density at radius 2 is 2.39 bits per heavy atom. The molecule has 1 saturated heterocycles. The maximum atomic E-state index is 12.1.